The van der Waals surface area contributed by atoms with E-state index in [9.17, 15) is 0 Å². The van der Waals surface area contributed by atoms with Gasteiger partial charge in [0.1, 0.15) is 5.82 Å². The Bertz CT molecular complexity index is 577. The van der Waals surface area contributed by atoms with Gasteiger partial charge in [0.15, 0.2) is 0 Å². The van der Waals surface area contributed by atoms with Crippen molar-refractivity contribution in [3.63, 3.8) is 0 Å². The average Bonchev–Trinajstić information content (AvgIpc) is 2.65. The van der Waals surface area contributed by atoms with Crippen LogP contribution >= 0.6 is 0 Å². The molecule has 0 amide bonds. The number of fused-ring (bicyclic) bond motifs is 1. The number of imidazole rings is 1. The van der Waals surface area contributed by atoms with Crippen molar-refractivity contribution >= 4 is 11.0 Å². The molecule has 0 saturated carbocycles. The van der Waals surface area contributed by atoms with Gasteiger partial charge in [-0.15, -0.1) is 0 Å². The van der Waals surface area contributed by atoms with Crippen molar-refractivity contribution in [1.82, 2.24) is 14.9 Å². The fraction of sp³-hybridized carbons (Fsp3) is 0.429. The number of hydrogen-bond acceptors (Lipinski definition) is 3. The van der Waals surface area contributed by atoms with Crippen LogP contribution in [0.15, 0.2) is 18.2 Å². The van der Waals surface area contributed by atoms with E-state index in [1.807, 2.05) is 14.0 Å². The first-order valence-electron chi connectivity index (χ1n) is 6.22. The lowest BCUT2D eigenvalue weighted by molar-refractivity contribution is 0.692. The molecule has 0 aliphatic heterocycles. The van der Waals surface area contributed by atoms with E-state index in [0.29, 0.717) is 6.42 Å². The van der Waals surface area contributed by atoms with E-state index < -0.39 is 0 Å². The van der Waals surface area contributed by atoms with Gasteiger partial charge in [0.05, 0.1) is 17.1 Å². The van der Waals surface area contributed by atoms with E-state index in [0.717, 1.165) is 30.9 Å². The normalized spacial score (nSPS) is 10.7. The zero-order valence-electron chi connectivity index (χ0n) is 10.9. The molecule has 0 aliphatic carbocycles. The summed E-state index contributed by atoms with van der Waals surface area (Å²) in [5.41, 5.74) is 3.52. The minimum Gasteiger partial charge on any atom is -0.331 e. The van der Waals surface area contributed by atoms with Crippen molar-refractivity contribution in [2.75, 3.05) is 13.1 Å². The second-order valence-electron chi connectivity index (χ2n) is 4.45. The summed E-state index contributed by atoms with van der Waals surface area (Å²) in [6.45, 7) is 3.68. The maximum atomic E-state index is 8.43. The first-order valence-corrected chi connectivity index (χ1v) is 6.22. The van der Waals surface area contributed by atoms with Crippen LogP contribution in [-0.2, 0) is 13.5 Å². The molecule has 4 heteroatoms. The Morgan fingerprint density at radius 2 is 2.22 bits per heavy atom. The van der Waals surface area contributed by atoms with Gasteiger partial charge in [-0.1, -0.05) is 6.07 Å². The third-order valence-electron chi connectivity index (χ3n) is 3.17. The summed E-state index contributed by atoms with van der Waals surface area (Å²) in [5, 5.41) is 11.7. The summed E-state index contributed by atoms with van der Waals surface area (Å²) >= 11 is 0. The molecule has 18 heavy (non-hydrogen) atoms. The molecule has 1 N–H and O–H groups in total. The highest BCUT2D eigenvalue weighted by Crippen LogP contribution is 2.16. The van der Waals surface area contributed by atoms with Gasteiger partial charge in [-0.2, -0.15) is 5.26 Å². The molecular weight excluding hydrogens is 224 g/mol. The van der Waals surface area contributed by atoms with Crippen molar-refractivity contribution in [3.8, 4) is 6.07 Å². The average molecular weight is 242 g/mol. The molecule has 0 saturated heterocycles. The second kappa shape index (κ2) is 5.65. The predicted octanol–water partition coefficient (Wildman–Crippen LogP) is 1.93. The first-order chi connectivity index (χ1) is 8.72. The van der Waals surface area contributed by atoms with E-state index in [1.54, 1.807) is 0 Å². The quantitative estimate of drug-likeness (QED) is 0.815. The predicted molar refractivity (Wildman–Crippen MR) is 72.3 cm³/mol. The van der Waals surface area contributed by atoms with Gasteiger partial charge in [0.25, 0.3) is 0 Å². The number of nitriles is 1. The van der Waals surface area contributed by atoms with Gasteiger partial charge in [-0.3, -0.25) is 0 Å². The van der Waals surface area contributed by atoms with Gasteiger partial charge in [0, 0.05) is 20.0 Å². The Morgan fingerprint density at radius 1 is 1.39 bits per heavy atom. The van der Waals surface area contributed by atoms with E-state index in [4.69, 9.17) is 5.26 Å². The van der Waals surface area contributed by atoms with Gasteiger partial charge in [-0.05, 0) is 37.6 Å². The molecule has 0 unspecified atom stereocenters. The molecule has 0 radical (unpaired) electrons. The Hall–Kier alpha value is -1.86. The molecule has 1 aromatic heterocycles. The maximum Gasteiger partial charge on any atom is 0.106 e. The first kappa shape index (κ1) is 12.6. The number of aromatic nitrogens is 2. The number of nitrogens with zero attached hydrogens (tertiary/aromatic N) is 3. The van der Waals surface area contributed by atoms with Crippen LogP contribution < -0.4 is 5.32 Å². The number of hydrogen-bond donors (Lipinski definition) is 1. The molecule has 0 spiro atoms. The van der Waals surface area contributed by atoms with Crippen LogP contribution in [0, 0.1) is 18.3 Å². The van der Waals surface area contributed by atoms with Crippen LogP contribution in [0.5, 0.6) is 0 Å². The van der Waals surface area contributed by atoms with Crippen molar-refractivity contribution in [1.29, 1.82) is 5.26 Å². The minimum absolute atomic E-state index is 0.568. The number of aryl methyl sites for hydroxylation is 2. The number of nitrogens with one attached hydrogen (secondary N) is 1. The molecule has 94 valence electrons. The number of benzene rings is 1. The molecular formula is C14H18N4. The Balaban J connectivity index is 2.00. The summed E-state index contributed by atoms with van der Waals surface area (Å²) in [6.07, 6.45) is 1.54. The lowest BCUT2D eigenvalue weighted by Crippen LogP contribution is -2.18. The van der Waals surface area contributed by atoms with Gasteiger partial charge in [-0.25, -0.2) is 4.98 Å². The fourth-order valence-corrected chi connectivity index (χ4v) is 2.02. The lowest BCUT2D eigenvalue weighted by atomic mass is 10.1. The van der Waals surface area contributed by atoms with Crippen molar-refractivity contribution in [2.45, 2.75) is 19.8 Å². The van der Waals surface area contributed by atoms with Crippen LogP contribution in [0.25, 0.3) is 11.0 Å². The fourth-order valence-electron chi connectivity index (χ4n) is 2.02. The van der Waals surface area contributed by atoms with E-state index in [1.165, 1.54) is 11.1 Å². The summed E-state index contributed by atoms with van der Waals surface area (Å²) in [6, 6.07) is 8.54. The van der Waals surface area contributed by atoms with Crippen molar-refractivity contribution in [2.24, 2.45) is 7.05 Å². The third kappa shape index (κ3) is 2.69. The highest BCUT2D eigenvalue weighted by Gasteiger charge is 2.04. The smallest absolute Gasteiger partial charge is 0.106 e. The highest BCUT2D eigenvalue weighted by molar-refractivity contribution is 5.76. The monoisotopic (exact) mass is 242 g/mol. The topological polar surface area (TPSA) is 53.6 Å². The standard InChI is InChI=1S/C14H18N4/c1-11-17-13-10-12(4-5-14(13)18(11)2)6-9-16-8-3-7-15/h4-5,10,16H,3,6,8-9H2,1-2H3. The third-order valence-corrected chi connectivity index (χ3v) is 3.17. The molecule has 0 atom stereocenters. The summed E-state index contributed by atoms with van der Waals surface area (Å²) in [4.78, 5) is 4.53. The zero-order valence-corrected chi connectivity index (χ0v) is 10.9. The van der Waals surface area contributed by atoms with E-state index in [2.05, 4.69) is 39.1 Å². The van der Waals surface area contributed by atoms with Crippen LogP contribution in [0.4, 0.5) is 0 Å². The molecule has 2 rings (SSSR count). The lowest BCUT2D eigenvalue weighted by Gasteiger charge is -2.03. The van der Waals surface area contributed by atoms with Crippen LogP contribution in [0.2, 0.25) is 0 Å². The molecule has 2 aromatic rings. The van der Waals surface area contributed by atoms with Gasteiger partial charge < -0.3 is 9.88 Å². The summed E-state index contributed by atoms with van der Waals surface area (Å²) < 4.78 is 2.10. The Morgan fingerprint density at radius 3 is 3.00 bits per heavy atom. The van der Waals surface area contributed by atoms with Crippen LogP contribution in [0.1, 0.15) is 17.8 Å². The zero-order chi connectivity index (χ0) is 13.0. The SMILES string of the molecule is Cc1nc2cc(CCNCCC#N)ccc2n1C. The second-order valence-corrected chi connectivity index (χ2v) is 4.45. The van der Waals surface area contributed by atoms with Crippen molar-refractivity contribution < 1.29 is 0 Å². The molecule has 0 aliphatic rings. The number of rotatable bonds is 5. The van der Waals surface area contributed by atoms with E-state index in [-0.39, 0.29) is 0 Å². The van der Waals surface area contributed by atoms with Crippen LogP contribution in [0.3, 0.4) is 0 Å². The largest absolute Gasteiger partial charge is 0.331 e. The molecule has 0 fully saturated rings. The Labute approximate surface area is 107 Å². The molecule has 1 heterocycles. The Kier molecular flexibility index (Phi) is 3.96. The summed E-state index contributed by atoms with van der Waals surface area (Å²) in [5.74, 6) is 1.04. The minimum atomic E-state index is 0.568. The maximum absolute atomic E-state index is 8.43. The molecule has 0 bridgehead atoms. The van der Waals surface area contributed by atoms with Gasteiger partial charge in [0.2, 0.25) is 0 Å². The highest BCUT2D eigenvalue weighted by atomic mass is 15.0. The van der Waals surface area contributed by atoms with E-state index >= 15 is 0 Å². The van der Waals surface area contributed by atoms with Crippen LogP contribution in [-0.4, -0.2) is 22.6 Å². The van der Waals surface area contributed by atoms with Gasteiger partial charge >= 0.3 is 0 Å². The summed E-state index contributed by atoms with van der Waals surface area (Å²) in [7, 11) is 2.04. The molecule has 4 nitrogen and oxygen atoms in total. The van der Waals surface area contributed by atoms with Crippen molar-refractivity contribution in [3.05, 3.63) is 29.6 Å². The molecule has 1 aromatic carbocycles.